The predicted octanol–water partition coefficient (Wildman–Crippen LogP) is 4.22. The van der Waals surface area contributed by atoms with Crippen molar-refractivity contribution in [3.05, 3.63) is 64.7 Å². The molecule has 1 aliphatic carbocycles. The van der Waals surface area contributed by atoms with E-state index in [1.165, 1.54) is 5.56 Å². The summed E-state index contributed by atoms with van der Waals surface area (Å²) >= 11 is 5.49. The zero-order valence-electron chi connectivity index (χ0n) is 14.1. The molecule has 1 N–H and O–H groups in total. The molecule has 1 aromatic heterocycles. The Morgan fingerprint density at radius 2 is 1.88 bits per heavy atom. The number of hydrogen-bond donors (Lipinski definition) is 1. The highest BCUT2D eigenvalue weighted by molar-refractivity contribution is 7.71. The molecule has 1 aliphatic rings. The Morgan fingerprint density at radius 1 is 1.08 bits per heavy atom. The lowest BCUT2D eigenvalue weighted by Gasteiger charge is -2.13. The van der Waals surface area contributed by atoms with Crippen molar-refractivity contribution < 1.29 is 9.47 Å². The minimum absolute atomic E-state index is 0.339. The van der Waals surface area contributed by atoms with E-state index in [1.807, 2.05) is 28.8 Å². The third-order valence-corrected chi connectivity index (χ3v) is 4.95. The van der Waals surface area contributed by atoms with Crippen molar-refractivity contribution in [2.75, 3.05) is 14.2 Å². The van der Waals surface area contributed by atoms with Gasteiger partial charge in [0.1, 0.15) is 17.3 Å². The topological polar surface area (TPSA) is 52.1 Å². The molecule has 0 amide bonds. The molecule has 2 atom stereocenters. The fourth-order valence-corrected chi connectivity index (χ4v) is 3.55. The number of H-pyrrole nitrogens is 1. The Bertz CT molecular complexity index is 949. The second kappa shape index (κ2) is 6.37. The number of methoxy groups -OCH3 is 2. The normalized spacial score (nSPS) is 18.8. The first-order valence-electron chi connectivity index (χ1n) is 8.17. The van der Waals surface area contributed by atoms with Gasteiger partial charge in [0.25, 0.3) is 0 Å². The maximum absolute atomic E-state index is 5.53. The number of ether oxygens (including phenoxy) is 2. The quantitative estimate of drug-likeness (QED) is 0.698. The van der Waals surface area contributed by atoms with Gasteiger partial charge in [-0.1, -0.05) is 30.3 Å². The molecule has 6 heteroatoms. The summed E-state index contributed by atoms with van der Waals surface area (Å²) in [6, 6.07) is 16.2. The van der Waals surface area contributed by atoms with E-state index < -0.39 is 0 Å². The monoisotopic (exact) mass is 353 g/mol. The first-order chi connectivity index (χ1) is 12.2. The maximum Gasteiger partial charge on any atom is 0.200 e. The van der Waals surface area contributed by atoms with Gasteiger partial charge in [-0.2, -0.15) is 5.10 Å². The summed E-state index contributed by atoms with van der Waals surface area (Å²) in [6.45, 7) is 0. The molecule has 3 aromatic rings. The molecule has 1 fully saturated rings. The third-order valence-electron chi connectivity index (χ3n) is 4.68. The molecular formula is C19H19N3O2S. The maximum atomic E-state index is 5.53. The second-order valence-electron chi connectivity index (χ2n) is 6.12. The van der Waals surface area contributed by atoms with E-state index in [2.05, 4.69) is 34.5 Å². The van der Waals surface area contributed by atoms with E-state index in [0.29, 0.717) is 16.6 Å². The lowest BCUT2D eigenvalue weighted by molar-refractivity contribution is 0.401. The Labute approximate surface area is 151 Å². The average Bonchev–Trinajstić information content (AvgIpc) is 3.37. The number of hydrogen-bond acceptors (Lipinski definition) is 4. The fraction of sp³-hybridized carbons (Fsp3) is 0.263. The molecule has 0 unspecified atom stereocenters. The van der Waals surface area contributed by atoms with Crippen molar-refractivity contribution in [1.29, 1.82) is 0 Å². The number of aromatic amines is 1. The number of aromatic nitrogens is 3. The van der Waals surface area contributed by atoms with Crippen LogP contribution in [0.5, 0.6) is 11.5 Å². The van der Waals surface area contributed by atoms with Gasteiger partial charge in [0.05, 0.1) is 19.9 Å². The number of nitrogens with one attached hydrogen (secondary N) is 1. The number of rotatable bonds is 5. The molecule has 1 saturated carbocycles. The van der Waals surface area contributed by atoms with Crippen LogP contribution in [-0.4, -0.2) is 29.0 Å². The highest BCUT2D eigenvalue weighted by atomic mass is 32.1. The smallest absolute Gasteiger partial charge is 0.200 e. The SMILES string of the molecule is COc1ccc(OC)c(-n2c([C@H]3C[C@H]3c3ccccc3)n[nH]c2=S)c1. The molecular weight excluding hydrogens is 334 g/mol. The van der Waals surface area contributed by atoms with Gasteiger partial charge >= 0.3 is 0 Å². The average molecular weight is 353 g/mol. The van der Waals surface area contributed by atoms with E-state index in [9.17, 15) is 0 Å². The molecule has 128 valence electrons. The zero-order chi connectivity index (χ0) is 17.4. The van der Waals surface area contributed by atoms with Crippen LogP contribution in [0.3, 0.4) is 0 Å². The van der Waals surface area contributed by atoms with Gasteiger partial charge in [-0.15, -0.1) is 0 Å². The zero-order valence-corrected chi connectivity index (χ0v) is 14.9. The Kier molecular flexibility index (Phi) is 4.05. The van der Waals surface area contributed by atoms with Crippen LogP contribution in [0.1, 0.15) is 29.6 Å². The van der Waals surface area contributed by atoms with Crippen LogP contribution in [0.15, 0.2) is 48.5 Å². The second-order valence-corrected chi connectivity index (χ2v) is 6.51. The van der Waals surface area contributed by atoms with E-state index in [-0.39, 0.29) is 0 Å². The van der Waals surface area contributed by atoms with Crippen LogP contribution in [-0.2, 0) is 0 Å². The molecule has 0 radical (unpaired) electrons. The van der Waals surface area contributed by atoms with Crippen LogP contribution >= 0.6 is 12.2 Å². The van der Waals surface area contributed by atoms with Crippen molar-refractivity contribution in [2.45, 2.75) is 18.3 Å². The van der Waals surface area contributed by atoms with Gasteiger partial charge in [-0.05, 0) is 42.3 Å². The Morgan fingerprint density at radius 3 is 2.60 bits per heavy atom. The van der Waals surface area contributed by atoms with Crippen molar-refractivity contribution in [3.8, 4) is 17.2 Å². The summed E-state index contributed by atoms with van der Waals surface area (Å²) in [5.41, 5.74) is 2.18. The van der Waals surface area contributed by atoms with E-state index in [1.54, 1.807) is 14.2 Å². The molecule has 1 heterocycles. The first-order valence-corrected chi connectivity index (χ1v) is 8.58. The predicted molar refractivity (Wildman–Crippen MR) is 98.4 cm³/mol. The van der Waals surface area contributed by atoms with Gasteiger partial charge in [0.15, 0.2) is 4.77 Å². The lowest BCUT2D eigenvalue weighted by Crippen LogP contribution is -2.04. The molecule has 0 aliphatic heterocycles. The van der Waals surface area contributed by atoms with Crippen LogP contribution in [0.2, 0.25) is 0 Å². The van der Waals surface area contributed by atoms with E-state index in [0.717, 1.165) is 29.4 Å². The van der Waals surface area contributed by atoms with Gasteiger partial charge < -0.3 is 9.47 Å². The van der Waals surface area contributed by atoms with E-state index >= 15 is 0 Å². The number of nitrogens with zero attached hydrogens (tertiary/aromatic N) is 2. The first kappa shape index (κ1) is 15.9. The van der Waals surface area contributed by atoms with Crippen molar-refractivity contribution in [1.82, 2.24) is 14.8 Å². The standard InChI is InChI=1S/C19H19N3O2S/c1-23-13-8-9-17(24-2)16(10-13)22-18(20-21-19(22)25)15-11-14(15)12-6-4-3-5-7-12/h3-10,14-15H,11H2,1-2H3,(H,21,25)/t14-,15-/m0/s1. The van der Waals surface area contributed by atoms with Gasteiger partial charge in [-0.3, -0.25) is 9.67 Å². The third kappa shape index (κ3) is 2.82. The fourth-order valence-electron chi connectivity index (χ4n) is 3.31. The summed E-state index contributed by atoms with van der Waals surface area (Å²) in [6.07, 6.45) is 1.07. The summed E-state index contributed by atoms with van der Waals surface area (Å²) in [7, 11) is 3.30. The van der Waals surface area contributed by atoms with Crippen LogP contribution in [0.4, 0.5) is 0 Å². The van der Waals surface area contributed by atoms with Crippen molar-refractivity contribution in [3.63, 3.8) is 0 Å². The summed E-state index contributed by atoms with van der Waals surface area (Å²) in [4.78, 5) is 0. The molecule has 0 spiro atoms. The van der Waals surface area contributed by atoms with Gasteiger partial charge in [0, 0.05) is 12.0 Å². The summed E-state index contributed by atoms with van der Waals surface area (Å²) in [5.74, 6) is 3.23. The molecule has 5 nitrogen and oxygen atoms in total. The molecule has 0 saturated heterocycles. The molecule has 4 rings (SSSR count). The van der Waals surface area contributed by atoms with Crippen LogP contribution in [0.25, 0.3) is 5.69 Å². The minimum atomic E-state index is 0.339. The van der Waals surface area contributed by atoms with Crippen LogP contribution < -0.4 is 9.47 Å². The Hall–Kier alpha value is -2.60. The van der Waals surface area contributed by atoms with Crippen molar-refractivity contribution >= 4 is 12.2 Å². The minimum Gasteiger partial charge on any atom is -0.497 e. The highest BCUT2D eigenvalue weighted by Crippen LogP contribution is 2.54. The van der Waals surface area contributed by atoms with Gasteiger partial charge in [-0.25, -0.2) is 0 Å². The largest absolute Gasteiger partial charge is 0.497 e. The Balaban J connectivity index is 1.76. The highest BCUT2D eigenvalue weighted by Gasteiger charge is 2.43. The summed E-state index contributed by atoms with van der Waals surface area (Å²) < 4.78 is 13.4. The van der Waals surface area contributed by atoms with Crippen molar-refractivity contribution in [2.24, 2.45) is 0 Å². The molecule has 0 bridgehead atoms. The van der Waals surface area contributed by atoms with Gasteiger partial charge in [0.2, 0.25) is 0 Å². The van der Waals surface area contributed by atoms with E-state index in [4.69, 9.17) is 21.7 Å². The molecule has 2 aromatic carbocycles. The lowest BCUT2D eigenvalue weighted by atomic mass is 10.1. The molecule has 25 heavy (non-hydrogen) atoms. The van der Waals surface area contributed by atoms with Crippen LogP contribution in [0, 0.1) is 4.77 Å². The number of benzene rings is 2. The summed E-state index contributed by atoms with van der Waals surface area (Å²) in [5, 5.41) is 7.45.